The van der Waals surface area contributed by atoms with Crippen LogP contribution in [0.25, 0.3) is 6.08 Å². The topological polar surface area (TPSA) is 72.7 Å². The van der Waals surface area contributed by atoms with Crippen LogP contribution in [0.5, 0.6) is 0 Å². The maximum Gasteiger partial charge on any atom is 0.248 e. The first kappa shape index (κ1) is 15.1. The fourth-order valence-corrected chi connectivity index (χ4v) is 2.67. The molecule has 0 aliphatic heterocycles. The average molecular weight is 325 g/mol. The highest BCUT2D eigenvalue weighted by atomic mass is 32.1. The molecule has 3 aromatic rings. The zero-order chi connectivity index (χ0) is 16.1. The number of anilines is 1. The standard InChI is InChI=1S/C16H15N5OS/c1-12-18-9-15(23-12)2-3-16(22)20-14-8-19-21(11-14)10-13-4-6-17-7-5-13/h2-9,11H,10H2,1H3,(H,20,22)/b3-2+. The molecule has 3 aromatic heterocycles. The van der Waals surface area contributed by atoms with Crippen LogP contribution in [0.1, 0.15) is 15.4 Å². The lowest BCUT2D eigenvalue weighted by Crippen LogP contribution is -2.07. The average Bonchev–Trinajstić information content (AvgIpc) is 3.15. The van der Waals surface area contributed by atoms with Gasteiger partial charge in [0.05, 0.1) is 23.4 Å². The highest BCUT2D eigenvalue weighted by Gasteiger charge is 2.03. The summed E-state index contributed by atoms with van der Waals surface area (Å²) in [6.07, 6.45) is 11.9. The fourth-order valence-electron chi connectivity index (χ4n) is 1.99. The van der Waals surface area contributed by atoms with Crippen LogP contribution in [0, 0.1) is 6.92 Å². The summed E-state index contributed by atoms with van der Waals surface area (Å²) in [7, 11) is 0. The van der Waals surface area contributed by atoms with Gasteiger partial charge < -0.3 is 5.32 Å². The molecule has 7 heteroatoms. The normalized spacial score (nSPS) is 11.0. The van der Waals surface area contributed by atoms with E-state index in [-0.39, 0.29) is 5.91 Å². The van der Waals surface area contributed by atoms with E-state index in [0.29, 0.717) is 12.2 Å². The van der Waals surface area contributed by atoms with Gasteiger partial charge in [-0.05, 0) is 30.7 Å². The number of hydrogen-bond acceptors (Lipinski definition) is 5. The minimum Gasteiger partial charge on any atom is -0.320 e. The molecule has 1 amide bonds. The van der Waals surface area contributed by atoms with E-state index in [1.54, 1.807) is 53.1 Å². The first-order chi connectivity index (χ1) is 11.2. The summed E-state index contributed by atoms with van der Waals surface area (Å²) >= 11 is 1.54. The van der Waals surface area contributed by atoms with Gasteiger partial charge in [-0.1, -0.05) is 0 Å². The summed E-state index contributed by atoms with van der Waals surface area (Å²) in [5.74, 6) is -0.195. The Labute approximate surface area is 137 Å². The van der Waals surface area contributed by atoms with E-state index in [0.717, 1.165) is 15.4 Å². The molecule has 23 heavy (non-hydrogen) atoms. The van der Waals surface area contributed by atoms with Crippen LogP contribution in [0.3, 0.4) is 0 Å². The van der Waals surface area contributed by atoms with Crippen molar-refractivity contribution in [3.05, 3.63) is 64.6 Å². The van der Waals surface area contributed by atoms with Crippen molar-refractivity contribution in [2.24, 2.45) is 0 Å². The number of nitrogens with zero attached hydrogens (tertiary/aromatic N) is 4. The highest BCUT2D eigenvalue weighted by Crippen LogP contribution is 2.13. The smallest absolute Gasteiger partial charge is 0.248 e. The van der Waals surface area contributed by atoms with Crippen LogP contribution in [0.4, 0.5) is 5.69 Å². The number of nitrogens with one attached hydrogen (secondary N) is 1. The monoisotopic (exact) mass is 325 g/mol. The second kappa shape index (κ2) is 6.97. The third kappa shape index (κ3) is 4.33. The second-order valence-corrected chi connectivity index (χ2v) is 6.15. The molecule has 0 aliphatic carbocycles. The quantitative estimate of drug-likeness (QED) is 0.732. The molecule has 3 rings (SSSR count). The molecule has 3 heterocycles. The van der Waals surface area contributed by atoms with Gasteiger partial charge in [-0.2, -0.15) is 5.10 Å². The van der Waals surface area contributed by atoms with Gasteiger partial charge >= 0.3 is 0 Å². The zero-order valence-electron chi connectivity index (χ0n) is 12.5. The molecule has 1 N–H and O–H groups in total. The number of carbonyl (C=O) groups excluding carboxylic acids is 1. The van der Waals surface area contributed by atoms with Crippen molar-refractivity contribution >= 4 is 29.0 Å². The van der Waals surface area contributed by atoms with Crippen LogP contribution in [0.2, 0.25) is 0 Å². The molecule has 0 bridgehead atoms. The highest BCUT2D eigenvalue weighted by molar-refractivity contribution is 7.12. The van der Waals surface area contributed by atoms with Gasteiger partial charge in [-0.15, -0.1) is 11.3 Å². The van der Waals surface area contributed by atoms with Crippen molar-refractivity contribution in [3.63, 3.8) is 0 Å². The minimum atomic E-state index is -0.195. The molecular weight excluding hydrogens is 310 g/mol. The number of carbonyl (C=O) groups is 1. The van der Waals surface area contributed by atoms with Crippen LogP contribution in [-0.4, -0.2) is 25.7 Å². The number of thiazole rings is 1. The van der Waals surface area contributed by atoms with Gasteiger partial charge in [0.2, 0.25) is 5.91 Å². The Morgan fingerprint density at radius 1 is 1.35 bits per heavy atom. The summed E-state index contributed by atoms with van der Waals surface area (Å²) < 4.78 is 1.77. The van der Waals surface area contributed by atoms with Crippen LogP contribution >= 0.6 is 11.3 Å². The van der Waals surface area contributed by atoms with Gasteiger partial charge in [0.15, 0.2) is 0 Å². The number of rotatable bonds is 5. The molecule has 0 saturated carbocycles. The van der Waals surface area contributed by atoms with E-state index in [2.05, 4.69) is 20.4 Å². The third-order valence-corrected chi connectivity index (χ3v) is 3.91. The molecule has 0 saturated heterocycles. The van der Waals surface area contributed by atoms with Crippen LogP contribution in [-0.2, 0) is 11.3 Å². The van der Waals surface area contributed by atoms with Gasteiger partial charge in [-0.25, -0.2) is 4.98 Å². The number of pyridine rings is 1. The lowest BCUT2D eigenvalue weighted by molar-refractivity contribution is -0.111. The Bertz CT molecular complexity index is 822. The van der Waals surface area contributed by atoms with Gasteiger partial charge in [-0.3, -0.25) is 14.5 Å². The number of aryl methyl sites for hydroxylation is 1. The molecule has 0 atom stereocenters. The molecule has 6 nitrogen and oxygen atoms in total. The van der Waals surface area contributed by atoms with Gasteiger partial charge in [0.25, 0.3) is 0 Å². The van der Waals surface area contributed by atoms with E-state index in [1.165, 1.54) is 6.08 Å². The largest absolute Gasteiger partial charge is 0.320 e. The minimum absolute atomic E-state index is 0.195. The molecule has 0 fully saturated rings. The number of amides is 1. The molecule has 0 aromatic carbocycles. The first-order valence-electron chi connectivity index (χ1n) is 7.02. The van der Waals surface area contributed by atoms with Crippen molar-refractivity contribution in [1.29, 1.82) is 0 Å². The van der Waals surface area contributed by atoms with Crippen LogP contribution in [0.15, 0.2) is 49.2 Å². The van der Waals surface area contributed by atoms with E-state index >= 15 is 0 Å². The maximum atomic E-state index is 11.9. The molecule has 0 unspecified atom stereocenters. The summed E-state index contributed by atoms with van der Waals surface area (Å²) in [6, 6.07) is 3.86. The van der Waals surface area contributed by atoms with Crippen molar-refractivity contribution in [2.75, 3.05) is 5.32 Å². The lowest BCUT2D eigenvalue weighted by atomic mass is 10.3. The van der Waals surface area contributed by atoms with Crippen molar-refractivity contribution in [3.8, 4) is 0 Å². The van der Waals surface area contributed by atoms with Crippen molar-refractivity contribution in [2.45, 2.75) is 13.5 Å². The first-order valence-corrected chi connectivity index (χ1v) is 7.83. The van der Waals surface area contributed by atoms with Gasteiger partial charge in [0, 0.05) is 35.7 Å². The summed E-state index contributed by atoms with van der Waals surface area (Å²) in [5.41, 5.74) is 1.76. The number of hydrogen-bond donors (Lipinski definition) is 1. The summed E-state index contributed by atoms with van der Waals surface area (Å²) in [4.78, 5) is 21.0. The predicted molar refractivity (Wildman–Crippen MR) is 90.1 cm³/mol. The Morgan fingerprint density at radius 3 is 2.91 bits per heavy atom. The van der Waals surface area contributed by atoms with E-state index < -0.39 is 0 Å². The maximum absolute atomic E-state index is 11.9. The van der Waals surface area contributed by atoms with Crippen LogP contribution < -0.4 is 5.32 Å². The summed E-state index contributed by atoms with van der Waals surface area (Å²) in [6.45, 7) is 2.56. The van der Waals surface area contributed by atoms with Crippen molar-refractivity contribution in [1.82, 2.24) is 19.7 Å². The molecular formula is C16H15N5OS. The second-order valence-electron chi connectivity index (χ2n) is 4.89. The SMILES string of the molecule is Cc1ncc(/C=C/C(=O)Nc2cnn(Cc3ccncc3)c2)s1. The lowest BCUT2D eigenvalue weighted by Gasteiger charge is -2.00. The Kier molecular flexibility index (Phi) is 4.58. The predicted octanol–water partition coefficient (Wildman–Crippen LogP) is 2.74. The molecule has 0 spiro atoms. The van der Waals surface area contributed by atoms with E-state index in [1.807, 2.05) is 19.1 Å². The van der Waals surface area contributed by atoms with E-state index in [4.69, 9.17) is 0 Å². The Hall–Kier alpha value is -2.80. The summed E-state index contributed by atoms with van der Waals surface area (Å²) in [5, 5.41) is 8.00. The molecule has 116 valence electrons. The van der Waals surface area contributed by atoms with Gasteiger partial charge in [0.1, 0.15) is 0 Å². The Balaban J connectivity index is 1.58. The third-order valence-electron chi connectivity index (χ3n) is 3.03. The number of aromatic nitrogens is 4. The molecule has 0 radical (unpaired) electrons. The fraction of sp³-hybridized carbons (Fsp3) is 0.125. The molecule has 0 aliphatic rings. The Morgan fingerprint density at radius 2 is 2.17 bits per heavy atom. The zero-order valence-corrected chi connectivity index (χ0v) is 13.3. The van der Waals surface area contributed by atoms with Crippen molar-refractivity contribution < 1.29 is 4.79 Å². The van der Waals surface area contributed by atoms with E-state index in [9.17, 15) is 4.79 Å².